The van der Waals surface area contributed by atoms with E-state index >= 15 is 0 Å². The van der Waals surface area contributed by atoms with Gasteiger partial charge in [-0.3, -0.25) is 15.2 Å². The maximum Gasteiger partial charge on any atom is 0.328 e. The molecule has 29 heavy (non-hydrogen) atoms. The van der Waals surface area contributed by atoms with Crippen LogP contribution in [0.25, 0.3) is 0 Å². The predicted octanol–water partition coefficient (Wildman–Crippen LogP) is 6.00. The first-order chi connectivity index (χ1) is 14.0. The highest BCUT2D eigenvalue weighted by atomic mass is 35.5. The molecule has 1 aliphatic heterocycles. The fourth-order valence-corrected chi connectivity index (χ4v) is 3.51. The van der Waals surface area contributed by atoms with E-state index in [1.54, 1.807) is 35.2 Å². The van der Waals surface area contributed by atoms with Crippen LogP contribution in [-0.4, -0.2) is 11.9 Å². The molecule has 3 aromatic carbocycles. The summed E-state index contributed by atoms with van der Waals surface area (Å²) >= 11 is 12.2. The second-order valence-corrected chi connectivity index (χ2v) is 7.35. The summed E-state index contributed by atoms with van der Waals surface area (Å²) in [7, 11) is 0. The fourth-order valence-electron chi connectivity index (χ4n) is 3.21. The molecular weight excluding hydrogens is 412 g/mol. The van der Waals surface area contributed by atoms with Crippen LogP contribution in [0.3, 0.4) is 0 Å². The van der Waals surface area contributed by atoms with Gasteiger partial charge in [0.1, 0.15) is 17.7 Å². The lowest BCUT2D eigenvalue weighted by atomic mass is 10.0. The lowest BCUT2D eigenvalue weighted by Gasteiger charge is -2.23. The van der Waals surface area contributed by atoms with Crippen molar-refractivity contribution >= 4 is 40.8 Å². The lowest BCUT2D eigenvalue weighted by molar-refractivity contribution is 0.252. The summed E-state index contributed by atoms with van der Waals surface area (Å²) in [6.45, 7) is 0.314. The highest BCUT2D eigenvalue weighted by Crippen LogP contribution is 2.35. The zero-order valence-electron chi connectivity index (χ0n) is 15.1. The van der Waals surface area contributed by atoms with Crippen LogP contribution >= 0.6 is 23.2 Å². The van der Waals surface area contributed by atoms with E-state index in [4.69, 9.17) is 23.2 Å². The molecule has 146 valence electrons. The van der Waals surface area contributed by atoms with E-state index in [0.717, 1.165) is 11.1 Å². The quantitative estimate of drug-likeness (QED) is 0.544. The Balaban J connectivity index is 1.73. The van der Waals surface area contributed by atoms with Gasteiger partial charge in [0.15, 0.2) is 0 Å². The monoisotopic (exact) mass is 427 g/mol. The average Bonchev–Trinajstić information content (AvgIpc) is 3.06. The van der Waals surface area contributed by atoms with Gasteiger partial charge >= 0.3 is 6.03 Å². The number of urea groups is 1. The van der Waals surface area contributed by atoms with E-state index in [1.165, 1.54) is 12.1 Å². The van der Waals surface area contributed by atoms with E-state index in [0.29, 0.717) is 28.1 Å². The van der Waals surface area contributed by atoms with Crippen molar-refractivity contribution in [3.8, 4) is 0 Å². The van der Waals surface area contributed by atoms with Crippen LogP contribution < -0.4 is 10.2 Å². The summed E-state index contributed by atoms with van der Waals surface area (Å²) in [5.41, 5.74) is 2.35. The largest absolute Gasteiger partial charge is 0.328 e. The zero-order valence-corrected chi connectivity index (χ0v) is 16.7. The summed E-state index contributed by atoms with van der Waals surface area (Å²) in [6, 6.07) is 20.0. The lowest BCUT2D eigenvalue weighted by Crippen LogP contribution is -2.29. The van der Waals surface area contributed by atoms with Crippen LogP contribution in [0.15, 0.2) is 77.8 Å². The molecule has 0 spiro atoms. The van der Waals surface area contributed by atoms with E-state index in [2.05, 4.69) is 10.3 Å². The molecule has 4 nitrogen and oxygen atoms in total. The summed E-state index contributed by atoms with van der Waals surface area (Å²) in [4.78, 5) is 19.0. The van der Waals surface area contributed by atoms with Gasteiger partial charge in [-0.1, -0.05) is 65.7 Å². The van der Waals surface area contributed by atoms with Crippen molar-refractivity contribution in [3.63, 3.8) is 0 Å². The Morgan fingerprint density at radius 1 is 0.966 bits per heavy atom. The normalized spacial score (nSPS) is 17.6. The highest BCUT2D eigenvalue weighted by molar-refractivity contribution is 6.42. The van der Waals surface area contributed by atoms with Crippen molar-refractivity contribution in [1.29, 1.82) is 0 Å². The van der Waals surface area contributed by atoms with Crippen molar-refractivity contribution in [2.24, 2.45) is 4.99 Å². The topological polar surface area (TPSA) is 44.7 Å². The third kappa shape index (κ3) is 4.11. The number of hydrogen-bond donors (Lipinski definition) is 1. The Morgan fingerprint density at radius 3 is 2.38 bits per heavy atom. The third-order valence-electron chi connectivity index (χ3n) is 4.61. The molecule has 1 unspecified atom stereocenters. The standard InChI is InChI=1S/C22H16Cl2FN3O/c23-18-11-10-17(12-19(18)24)28-20(15-4-2-1-3-5-15)21(27-22(28)29)26-13-14-6-8-16(25)9-7-14/h1-12,20H,13H2,(H,26,27,29). The maximum absolute atomic E-state index is 13.1. The van der Waals surface area contributed by atoms with E-state index < -0.39 is 6.04 Å². The number of amides is 2. The number of aliphatic imine (C=N–C) groups is 1. The molecule has 1 atom stereocenters. The molecule has 1 saturated heterocycles. The second kappa shape index (κ2) is 8.23. The van der Waals surface area contributed by atoms with Crippen LogP contribution in [0.2, 0.25) is 10.0 Å². The molecule has 2 amide bonds. The van der Waals surface area contributed by atoms with Crippen molar-refractivity contribution in [3.05, 3.63) is 99.8 Å². The van der Waals surface area contributed by atoms with Gasteiger partial charge in [-0.2, -0.15) is 0 Å². The Bertz CT molecular complexity index is 1070. The van der Waals surface area contributed by atoms with Crippen LogP contribution in [0.4, 0.5) is 14.9 Å². The van der Waals surface area contributed by atoms with Crippen LogP contribution in [0.1, 0.15) is 17.2 Å². The number of anilines is 1. The Morgan fingerprint density at radius 2 is 1.69 bits per heavy atom. The van der Waals surface area contributed by atoms with E-state index in [1.807, 2.05) is 30.3 Å². The summed E-state index contributed by atoms with van der Waals surface area (Å²) in [6.07, 6.45) is 0. The fraction of sp³-hybridized carbons (Fsp3) is 0.0909. The van der Waals surface area contributed by atoms with Crippen LogP contribution in [0.5, 0.6) is 0 Å². The van der Waals surface area contributed by atoms with Gasteiger partial charge in [0, 0.05) is 5.69 Å². The molecule has 7 heteroatoms. The first-order valence-electron chi connectivity index (χ1n) is 8.92. The Labute approximate surface area is 177 Å². The highest BCUT2D eigenvalue weighted by Gasteiger charge is 2.38. The summed E-state index contributed by atoms with van der Waals surface area (Å²) in [5.74, 6) is 0.208. The van der Waals surface area contributed by atoms with Gasteiger partial charge in [-0.05, 0) is 41.5 Å². The molecule has 0 aliphatic carbocycles. The number of carbonyl (C=O) groups excluding carboxylic acids is 1. The van der Waals surface area contributed by atoms with Crippen LogP contribution in [0, 0.1) is 5.82 Å². The number of rotatable bonds is 4. The molecular formula is C22H16Cl2FN3O. The van der Waals surface area contributed by atoms with Gasteiger partial charge in [0.2, 0.25) is 0 Å². The first-order valence-corrected chi connectivity index (χ1v) is 9.67. The zero-order chi connectivity index (χ0) is 20.4. The number of hydrogen-bond acceptors (Lipinski definition) is 2. The number of nitrogens with one attached hydrogen (secondary N) is 1. The second-order valence-electron chi connectivity index (χ2n) is 6.54. The van der Waals surface area contributed by atoms with Crippen LogP contribution in [-0.2, 0) is 6.54 Å². The number of nitrogens with zero attached hydrogens (tertiary/aromatic N) is 2. The number of amidine groups is 1. The molecule has 0 saturated carbocycles. The number of halogens is 3. The van der Waals surface area contributed by atoms with Crippen molar-refractivity contribution in [2.45, 2.75) is 12.6 Å². The van der Waals surface area contributed by atoms with Gasteiger partial charge < -0.3 is 0 Å². The molecule has 0 aromatic heterocycles. The van der Waals surface area contributed by atoms with E-state index in [9.17, 15) is 9.18 Å². The smallest absolute Gasteiger partial charge is 0.294 e. The van der Waals surface area contributed by atoms with Crippen molar-refractivity contribution < 1.29 is 9.18 Å². The minimum Gasteiger partial charge on any atom is -0.294 e. The minimum absolute atomic E-state index is 0.302. The van der Waals surface area contributed by atoms with Crippen molar-refractivity contribution in [2.75, 3.05) is 4.90 Å². The first kappa shape index (κ1) is 19.4. The Kier molecular flexibility index (Phi) is 5.51. The average molecular weight is 428 g/mol. The third-order valence-corrected chi connectivity index (χ3v) is 5.35. The minimum atomic E-state index is -0.443. The summed E-state index contributed by atoms with van der Waals surface area (Å²) < 4.78 is 13.1. The molecule has 1 heterocycles. The molecule has 1 aliphatic rings. The molecule has 1 fully saturated rings. The maximum atomic E-state index is 13.1. The van der Waals surface area contributed by atoms with E-state index in [-0.39, 0.29) is 11.8 Å². The van der Waals surface area contributed by atoms with Gasteiger partial charge in [-0.25, -0.2) is 9.18 Å². The molecule has 0 bridgehead atoms. The summed E-state index contributed by atoms with van der Waals surface area (Å²) in [5, 5.41) is 3.63. The predicted molar refractivity (Wildman–Crippen MR) is 114 cm³/mol. The molecule has 0 radical (unpaired) electrons. The SMILES string of the molecule is O=C1NC(=NCc2ccc(F)cc2)C(c2ccccc2)N1c1ccc(Cl)c(Cl)c1. The van der Waals surface area contributed by atoms with Gasteiger partial charge in [-0.15, -0.1) is 0 Å². The Hall–Kier alpha value is -2.89. The molecule has 1 N–H and O–H groups in total. The van der Waals surface area contributed by atoms with Crippen molar-refractivity contribution in [1.82, 2.24) is 5.32 Å². The van der Waals surface area contributed by atoms with Gasteiger partial charge in [0.25, 0.3) is 0 Å². The molecule has 3 aromatic rings. The van der Waals surface area contributed by atoms with Gasteiger partial charge in [0.05, 0.1) is 16.6 Å². The molecule has 4 rings (SSSR count). The number of benzene rings is 3. The number of carbonyl (C=O) groups is 1.